The number of nitrogens with one attached hydrogen (secondary N) is 2. The molecular weight excluding hydrogens is 563 g/mol. The van der Waals surface area contributed by atoms with E-state index in [0.717, 1.165) is 11.1 Å². The Hall–Kier alpha value is -5.18. The summed E-state index contributed by atoms with van der Waals surface area (Å²) in [5.74, 6) is -1.07. The van der Waals surface area contributed by atoms with Gasteiger partial charge in [0.25, 0.3) is 0 Å². The van der Waals surface area contributed by atoms with Crippen molar-refractivity contribution in [2.45, 2.75) is 45.1 Å². The molecule has 2 amide bonds. The first-order valence-electron chi connectivity index (χ1n) is 14.2. The average Bonchev–Trinajstić information content (AvgIpc) is 3.04. The highest BCUT2D eigenvalue weighted by molar-refractivity contribution is 5.90. The smallest absolute Gasteiger partial charge is 0.328 e. The molecule has 0 aliphatic rings. The summed E-state index contributed by atoms with van der Waals surface area (Å²) in [4.78, 5) is 38.0. The Morgan fingerprint density at radius 1 is 0.659 bits per heavy atom. The molecule has 0 unspecified atom stereocenters. The zero-order valence-electron chi connectivity index (χ0n) is 24.6. The van der Waals surface area contributed by atoms with Crippen molar-refractivity contribution in [3.63, 3.8) is 0 Å². The quantitative estimate of drug-likeness (QED) is 0.200. The lowest BCUT2D eigenvalue weighted by atomic mass is 10.0. The second-order valence-electron chi connectivity index (χ2n) is 10.2. The van der Waals surface area contributed by atoms with Gasteiger partial charge in [0.15, 0.2) is 11.5 Å². The van der Waals surface area contributed by atoms with Crippen LogP contribution in [0.5, 0.6) is 11.5 Å². The molecule has 44 heavy (non-hydrogen) atoms. The van der Waals surface area contributed by atoms with Crippen molar-refractivity contribution in [3.8, 4) is 11.5 Å². The average molecular weight is 599 g/mol. The summed E-state index contributed by atoms with van der Waals surface area (Å²) < 4.78 is 30.6. The predicted octanol–water partition coefficient (Wildman–Crippen LogP) is 4.93. The van der Waals surface area contributed by atoms with Gasteiger partial charge in [0.05, 0.1) is 7.11 Å². The fourth-order valence-corrected chi connectivity index (χ4v) is 4.54. The Bertz CT molecular complexity index is 1530. The Morgan fingerprint density at radius 2 is 1.20 bits per heavy atom. The van der Waals surface area contributed by atoms with Gasteiger partial charge in [0.2, 0.25) is 11.8 Å². The molecule has 0 aliphatic carbocycles. The number of carbonyl (C=O) groups is 3. The number of ether oxygens (including phenoxy) is 3. The molecule has 0 spiro atoms. The lowest BCUT2D eigenvalue weighted by Gasteiger charge is -2.22. The molecule has 2 atom stereocenters. The van der Waals surface area contributed by atoms with Gasteiger partial charge in [-0.3, -0.25) is 9.59 Å². The first-order chi connectivity index (χ1) is 21.3. The highest BCUT2D eigenvalue weighted by Crippen LogP contribution is 2.31. The van der Waals surface area contributed by atoms with E-state index in [-0.39, 0.29) is 12.8 Å². The molecule has 0 radical (unpaired) electrons. The van der Waals surface area contributed by atoms with Gasteiger partial charge in [-0.15, -0.1) is 0 Å². The maximum Gasteiger partial charge on any atom is 0.328 e. The molecule has 0 saturated heterocycles. The van der Waals surface area contributed by atoms with Crippen molar-refractivity contribution in [1.29, 1.82) is 0 Å². The van der Waals surface area contributed by atoms with Crippen LogP contribution in [0.2, 0.25) is 0 Å². The summed E-state index contributed by atoms with van der Waals surface area (Å²) in [6, 6.07) is 28.3. The third-order valence-corrected chi connectivity index (χ3v) is 6.77. The van der Waals surface area contributed by atoms with Gasteiger partial charge in [-0.25, -0.2) is 9.18 Å². The molecule has 2 N–H and O–H groups in total. The lowest BCUT2D eigenvalue weighted by Crippen LogP contribution is -2.53. The molecule has 4 aromatic carbocycles. The summed E-state index contributed by atoms with van der Waals surface area (Å²) >= 11 is 0. The zero-order chi connectivity index (χ0) is 31.3. The monoisotopic (exact) mass is 598 g/mol. The molecule has 0 heterocycles. The maximum absolute atomic E-state index is 13.4. The van der Waals surface area contributed by atoms with E-state index in [1.165, 1.54) is 38.3 Å². The summed E-state index contributed by atoms with van der Waals surface area (Å²) in [6.45, 7) is 1.92. The van der Waals surface area contributed by atoms with E-state index in [0.29, 0.717) is 35.8 Å². The first kappa shape index (κ1) is 31.7. The van der Waals surface area contributed by atoms with E-state index in [1.54, 1.807) is 18.2 Å². The SMILES string of the molecule is COC(=O)[C@@H](Cc1ccc(OCc2ccccc2)c(OCc2ccccc2)c1)NC(=O)[C@@H](Cc1ccc(F)cc1)NC(C)=O. The predicted molar refractivity (Wildman–Crippen MR) is 163 cm³/mol. The van der Waals surface area contributed by atoms with Crippen molar-refractivity contribution in [2.24, 2.45) is 0 Å². The van der Waals surface area contributed by atoms with Crippen LogP contribution in [-0.2, 0) is 45.2 Å². The second kappa shape index (κ2) is 15.9. The van der Waals surface area contributed by atoms with Gasteiger partial charge >= 0.3 is 5.97 Å². The largest absolute Gasteiger partial charge is 0.485 e. The molecule has 0 saturated carbocycles. The van der Waals surface area contributed by atoms with Crippen molar-refractivity contribution in [3.05, 3.63) is 131 Å². The van der Waals surface area contributed by atoms with E-state index < -0.39 is 35.7 Å². The molecule has 9 heteroatoms. The first-order valence-corrected chi connectivity index (χ1v) is 14.2. The standard InChI is InChI=1S/C35H35FN2O6/c1-24(39)37-30(19-25-13-16-29(36)17-14-25)34(40)38-31(35(41)42-2)20-28-15-18-32(43-22-26-9-5-3-6-10-26)33(21-28)44-23-27-11-7-4-8-12-27/h3-18,21,30-31H,19-20,22-23H2,1-2H3,(H,37,39)(H,38,40)/t30-,31-/m1/s1. The Kier molecular flexibility index (Phi) is 11.5. The van der Waals surface area contributed by atoms with Crippen LogP contribution in [-0.4, -0.2) is 37.0 Å². The van der Waals surface area contributed by atoms with Crippen LogP contribution in [0, 0.1) is 5.82 Å². The number of halogens is 1. The van der Waals surface area contributed by atoms with Gasteiger partial charge in [-0.2, -0.15) is 0 Å². The molecule has 0 bridgehead atoms. The van der Waals surface area contributed by atoms with Crippen LogP contribution < -0.4 is 20.1 Å². The molecule has 0 fully saturated rings. The number of benzene rings is 4. The van der Waals surface area contributed by atoms with Gasteiger partial charge in [0, 0.05) is 19.8 Å². The highest BCUT2D eigenvalue weighted by Gasteiger charge is 2.28. The van der Waals surface area contributed by atoms with E-state index in [9.17, 15) is 18.8 Å². The molecule has 0 aromatic heterocycles. The minimum Gasteiger partial charge on any atom is -0.485 e. The van der Waals surface area contributed by atoms with Gasteiger partial charge < -0.3 is 24.8 Å². The van der Waals surface area contributed by atoms with Crippen LogP contribution in [0.1, 0.15) is 29.2 Å². The molecule has 0 aliphatic heterocycles. The van der Waals surface area contributed by atoms with Crippen molar-refractivity contribution in [1.82, 2.24) is 10.6 Å². The Labute approximate surface area is 256 Å². The number of amides is 2. The number of rotatable bonds is 14. The van der Waals surface area contributed by atoms with E-state index in [4.69, 9.17) is 14.2 Å². The number of hydrogen-bond acceptors (Lipinski definition) is 6. The van der Waals surface area contributed by atoms with Crippen molar-refractivity contribution >= 4 is 17.8 Å². The highest BCUT2D eigenvalue weighted by atomic mass is 19.1. The minimum absolute atomic E-state index is 0.0857. The van der Waals surface area contributed by atoms with Crippen molar-refractivity contribution < 1.29 is 33.0 Å². The van der Waals surface area contributed by atoms with Crippen LogP contribution in [0.4, 0.5) is 4.39 Å². The number of hydrogen-bond donors (Lipinski definition) is 2. The van der Waals surface area contributed by atoms with Crippen LogP contribution in [0.25, 0.3) is 0 Å². The van der Waals surface area contributed by atoms with Crippen LogP contribution in [0.3, 0.4) is 0 Å². The van der Waals surface area contributed by atoms with Crippen molar-refractivity contribution in [2.75, 3.05) is 7.11 Å². The summed E-state index contributed by atoms with van der Waals surface area (Å²) in [7, 11) is 1.24. The Morgan fingerprint density at radius 3 is 1.77 bits per heavy atom. The molecular formula is C35H35FN2O6. The van der Waals surface area contributed by atoms with E-state index >= 15 is 0 Å². The zero-order valence-corrected chi connectivity index (χ0v) is 24.6. The van der Waals surface area contributed by atoms with Crippen LogP contribution in [0.15, 0.2) is 103 Å². The number of carbonyl (C=O) groups excluding carboxylic acids is 3. The number of methoxy groups -OCH3 is 1. The van der Waals surface area contributed by atoms with Crippen LogP contribution >= 0.6 is 0 Å². The van der Waals surface area contributed by atoms with Gasteiger partial charge in [-0.05, 0) is 46.5 Å². The van der Waals surface area contributed by atoms with Gasteiger partial charge in [0.1, 0.15) is 31.1 Å². The number of esters is 1. The Balaban J connectivity index is 1.53. The third kappa shape index (κ3) is 9.69. The third-order valence-electron chi connectivity index (χ3n) is 6.77. The lowest BCUT2D eigenvalue weighted by molar-refractivity contribution is -0.145. The fourth-order valence-electron chi connectivity index (χ4n) is 4.54. The normalized spacial score (nSPS) is 12.0. The van der Waals surface area contributed by atoms with E-state index in [2.05, 4.69) is 10.6 Å². The summed E-state index contributed by atoms with van der Waals surface area (Å²) in [5.41, 5.74) is 3.29. The fraction of sp³-hybridized carbons (Fsp3) is 0.229. The topological polar surface area (TPSA) is 103 Å². The molecule has 4 aromatic rings. The maximum atomic E-state index is 13.4. The summed E-state index contributed by atoms with van der Waals surface area (Å²) in [6.07, 6.45) is 0.187. The second-order valence-corrected chi connectivity index (χ2v) is 10.2. The minimum atomic E-state index is -1.06. The molecule has 228 valence electrons. The molecule has 8 nitrogen and oxygen atoms in total. The summed E-state index contributed by atoms with van der Waals surface area (Å²) in [5, 5.41) is 5.33. The van der Waals surface area contributed by atoms with E-state index in [1.807, 2.05) is 60.7 Å². The van der Waals surface area contributed by atoms with Gasteiger partial charge in [-0.1, -0.05) is 78.9 Å². The molecule has 4 rings (SSSR count).